The molecule has 1 N–H and O–H groups in total. The number of nitrogens with one attached hydrogen (secondary N) is 1. The second kappa shape index (κ2) is 10.5. The summed E-state index contributed by atoms with van der Waals surface area (Å²) >= 11 is 1.88. The highest BCUT2D eigenvalue weighted by atomic mass is 32.1. The number of fused-ring (bicyclic) bond motifs is 6. The van der Waals surface area contributed by atoms with Crippen LogP contribution in [0.15, 0.2) is 152 Å². The van der Waals surface area contributed by atoms with Gasteiger partial charge in [0.05, 0.1) is 22.4 Å². The molecule has 0 spiro atoms. The maximum absolute atomic E-state index is 3.41. The number of hydrogen-bond acceptors (Lipinski definition) is 3. The summed E-state index contributed by atoms with van der Waals surface area (Å²) in [5, 5.41) is 7.19. The summed E-state index contributed by atoms with van der Waals surface area (Å²) in [4.78, 5) is 3.85. The van der Waals surface area contributed by atoms with Gasteiger partial charge in [-0.2, -0.15) is 0 Å². The molecule has 3 heterocycles. The lowest BCUT2D eigenvalue weighted by Crippen LogP contribution is -2.12. The number of rotatable bonds is 5. The summed E-state index contributed by atoms with van der Waals surface area (Å²) in [6.45, 7) is 0.858. The molecule has 1 aliphatic heterocycles. The number of benzene rings is 6. The Bertz CT molecular complexity index is 2360. The molecular formula is C41H29N3S. The van der Waals surface area contributed by atoms with Crippen molar-refractivity contribution in [2.75, 3.05) is 4.90 Å². The zero-order chi connectivity index (χ0) is 29.7. The van der Waals surface area contributed by atoms with Crippen LogP contribution in [0.5, 0.6) is 0 Å². The van der Waals surface area contributed by atoms with E-state index in [2.05, 4.69) is 173 Å². The van der Waals surface area contributed by atoms with Crippen molar-refractivity contribution in [3.63, 3.8) is 0 Å². The fourth-order valence-corrected chi connectivity index (χ4v) is 8.04. The number of anilines is 3. The van der Waals surface area contributed by atoms with Crippen molar-refractivity contribution in [3.8, 4) is 16.8 Å². The van der Waals surface area contributed by atoms with E-state index in [1.165, 1.54) is 59.1 Å². The molecule has 3 nitrogen and oxygen atoms in total. The Hall–Kier alpha value is -5.58. The van der Waals surface area contributed by atoms with Crippen LogP contribution in [0, 0.1) is 0 Å². The van der Waals surface area contributed by atoms with Gasteiger partial charge in [-0.15, -0.1) is 11.3 Å². The standard InChI is InChI=1S/C41H29N3S/c1-3-11-28(12-4-1)29-21-23-31(24-22-29)44(37-19-10-20-38-41(37)33-25-26-42-27-39(33)45-38)36-18-9-17-35-40(36)32-15-7-8-16-34(32)43(35)30-13-5-2-6-14-30/h1-26,42H,27H2. The van der Waals surface area contributed by atoms with E-state index in [-0.39, 0.29) is 0 Å². The van der Waals surface area contributed by atoms with Crippen LogP contribution in [0.4, 0.5) is 17.1 Å². The fraction of sp³-hybridized carbons (Fsp3) is 0.0244. The molecule has 9 rings (SSSR count). The van der Waals surface area contributed by atoms with Gasteiger partial charge in [0.25, 0.3) is 0 Å². The monoisotopic (exact) mass is 595 g/mol. The van der Waals surface area contributed by atoms with Gasteiger partial charge in [0.15, 0.2) is 0 Å². The summed E-state index contributed by atoms with van der Waals surface area (Å²) in [6.07, 6.45) is 4.32. The highest BCUT2D eigenvalue weighted by Gasteiger charge is 2.24. The number of nitrogens with zero attached hydrogens (tertiary/aromatic N) is 2. The molecule has 45 heavy (non-hydrogen) atoms. The highest BCUT2D eigenvalue weighted by Crippen LogP contribution is 2.48. The van der Waals surface area contributed by atoms with E-state index < -0.39 is 0 Å². The van der Waals surface area contributed by atoms with Crippen LogP contribution in [-0.4, -0.2) is 4.57 Å². The minimum atomic E-state index is 0.858. The zero-order valence-corrected chi connectivity index (χ0v) is 25.3. The average Bonchev–Trinajstić information content (AvgIpc) is 3.66. The molecule has 0 amide bonds. The predicted molar refractivity (Wildman–Crippen MR) is 192 cm³/mol. The van der Waals surface area contributed by atoms with E-state index in [4.69, 9.17) is 0 Å². The quantitative estimate of drug-likeness (QED) is 0.214. The lowest BCUT2D eigenvalue weighted by atomic mass is 10.0. The van der Waals surface area contributed by atoms with Gasteiger partial charge >= 0.3 is 0 Å². The molecule has 0 unspecified atom stereocenters. The Morgan fingerprint density at radius 1 is 0.578 bits per heavy atom. The molecule has 1 aliphatic rings. The fourth-order valence-electron chi connectivity index (χ4n) is 6.87. The Kier molecular flexibility index (Phi) is 6.06. The Morgan fingerprint density at radius 3 is 2.07 bits per heavy atom. The van der Waals surface area contributed by atoms with Gasteiger partial charge in [0.2, 0.25) is 0 Å². The highest BCUT2D eigenvalue weighted by molar-refractivity contribution is 7.19. The largest absolute Gasteiger partial charge is 0.386 e. The smallest absolute Gasteiger partial charge is 0.0562 e. The van der Waals surface area contributed by atoms with Gasteiger partial charge in [0.1, 0.15) is 0 Å². The minimum Gasteiger partial charge on any atom is -0.386 e. The van der Waals surface area contributed by atoms with Crippen LogP contribution in [0.1, 0.15) is 10.4 Å². The number of aromatic nitrogens is 1. The second-order valence-electron chi connectivity index (χ2n) is 11.4. The van der Waals surface area contributed by atoms with Crippen LogP contribution >= 0.6 is 11.3 Å². The van der Waals surface area contributed by atoms with Crippen molar-refractivity contribution in [1.82, 2.24) is 9.88 Å². The summed E-state index contributed by atoms with van der Waals surface area (Å²) in [6, 6.07) is 52.6. The van der Waals surface area contributed by atoms with Gasteiger partial charge in [-0.25, -0.2) is 0 Å². The van der Waals surface area contributed by atoms with Crippen molar-refractivity contribution in [1.29, 1.82) is 0 Å². The first-order chi connectivity index (χ1) is 22.3. The van der Waals surface area contributed by atoms with E-state index in [0.717, 1.165) is 23.6 Å². The van der Waals surface area contributed by atoms with Gasteiger partial charge < -0.3 is 14.8 Å². The summed E-state index contributed by atoms with van der Waals surface area (Å²) in [5.41, 5.74) is 10.8. The predicted octanol–water partition coefficient (Wildman–Crippen LogP) is 11.2. The average molecular weight is 596 g/mol. The first-order valence-corrected chi connectivity index (χ1v) is 16.1. The molecule has 8 aromatic rings. The van der Waals surface area contributed by atoms with Crippen molar-refractivity contribution < 1.29 is 0 Å². The maximum atomic E-state index is 3.41. The van der Waals surface area contributed by atoms with Crippen LogP contribution in [0.2, 0.25) is 0 Å². The van der Waals surface area contributed by atoms with Gasteiger partial charge in [-0.1, -0.05) is 91.0 Å². The van der Waals surface area contributed by atoms with Gasteiger partial charge in [-0.05, 0) is 78.0 Å². The summed E-state index contributed by atoms with van der Waals surface area (Å²) in [7, 11) is 0. The molecule has 4 heteroatoms. The first kappa shape index (κ1) is 25.9. The van der Waals surface area contributed by atoms with E-state index >= 15 is 0 Å². The number of hydrogen-bond donors (Lipinski definition) is 1. The van der Waals surface area contributed by atoms with E-state index in [0.29, 0.717) is 0 Å². The van der Waals surface area contributed by atoms with Crippen LogP contribution < -0.4 is 10.2 Å². The van der Waals surface area contributed by atoms with E-state index in [1.54, 1.807) is 0 Å². The molecule has 0 fully saturated rings. The SMILES string of the molecule is C1=Cc2c(sc3cccc(N(c4ccc(-c5ccccc5)cc4)c4cccc5c4c4ccccc4n5-c4ccccc4)c23)CN1. The van der Waals surface area contributed by atoms with E-state index in [1.807, 2.05) is 11.3 Å². The molecule has 0 aliphatic carbocycles. The molecule has 214 valence electrons. The minimum absolute atomic E-state index is 0.858. The third kappa shape index (κ3) is 4.18. The molecule has 0 saturated heterocycles. The van der Waals surface area contributed by atoms with Gasteiger partial charge in [0, 0.05) is 49.2 Å². The van der Waals surface area contributed by atoms with E-state index in [9.17, 15) is 0 Å². The molecule has 2 aromatic heterocycles. The Labute approximate surface area is 265 Å². The molecular weight excluding hydrogens is 567 g/mol. The Balaban J connectivity index is 1.35. The lowest BCUT2D eigenvalue weighted by Gasteiger charge is -2.28. The van der Waals surface area contributed by atoms with Crippen LogP contribution in [-0.2, 0) is 6.54 Å². The topological polar surface area (TPSA) is 20.2 Å². The van der Waals surface area contributed by atoms with Crippen molar-refractivity contribution in [2.45, 2.75) is 6.54 Å². The van der Waals surface area contributed by atoms with Crippen molar-refractivity contribution in [3.05, 3.63) is 162 Å². The normalized spacial score (nSPS) is 12.4. The second-order valence-corrected chi connectivity index (χ2v) is 12.5. The zero-order valence-electron chi connectivity index (χ0n) is 24.5. The molecule has 0 atom stereocenters. The molecule has 0 radical (unpaired) electrons. The molecule has 0 bridgehead atoms. The van der Waals surface area contributed by atoms with Crippen LogP contribution in [0.3, 0.4) is 0 Å². The van der Waals surface area contributed by atoms with Crippen molar-refractivity contribution in [2.24, 2.45) is 0 Å². The first-order valence-electron chi connectivity index (χ1n) is 15.3. The lowest BCUT2D eigenvalue weighted by molar-refractivity contribution is 0.878. The van der Waals surface area contributed by atoms with Gasteiger partial charge in [-0.3, -0.25) is 0 Å². The summed E-state index contributed by atoms with van der Waals surface area (Å²) in [5.74, 6) is 0. The third-order valence-corrected chi connectivity index (χ3v) is 10.0. The molecule has 6 aromatic carbocycles. The maximum Gasteiger partial charge on any atom is 0.0562 e. The number of para-hydroxylation sites is 2. The molecule has 0 saturated carbocycles. The number of thiophene rings is 1. The summed E-state index contributed by atoms with van der Waals surface area (Å²) < 4.78 is 3.70. The Morgan fingerprint density at radius 2 is 1.24 bits per heavy atom. The van der Waals surface area contributed by atoms with Crippen molar-refractivity contribution >= 4 is 66.4 Å². The third-order valence-electron chi connectivity index (χ3n) is 8.84. The van der Waals surface area contributed by atoms with Crippen LogP contribution in [0.25, 0.3) is 54.8 Å².